The number of halogens is 1. The summed E-state index contributed by atoms with van der Waals surface area (Å²) >= 11 is 6.74. The highest BCUT2D eigenvalue weighted by Gasteiger charge is 2.41. The van der Waals surface area contributed by atoms with Gasteiger partial charge in [0.05, 0.1) is 13.2 Å². The van der Waals surface area contributed by atoms with Gasteiger partial charge in [0.2, 0.25) is 11.8 Å². The molecular formula is C22H27ClN2O2Si. The first kappa shape index (κ1) is 20.6. The van der Waals surface area contributed by atoms with Crippen molar-refractivity contribution in [2.45, 2.75) is 25.9 Å². The van der Waals surface area contributed by atoms with Crippen LogP contribution in [0.3, 0.4) is 0 Å². The summed E-state index contributed by atoms with van der Waals surface area (Å²) in [5, 5.41) is 2.59. The Morgan fingerprint density at radius 2 is 1.50 bits per heavy atom. The van der Waals surface area contributed by atoms with Gasteiger partial charge in [0.15, 0.2) is 0 Å². The van der Waals surface area contributed by atoms with Crippen LogP contribution in [-0.2, 0) is 9.47 Å². The molecule has 1 atom stereocenters. The number of hydrogen-bond donors (Lipinski definition) is 0. The van der Waals surface area contributed by atoms with E-state index in [4.69, 9.17) is 26.1 Å². The topological polar surface area (TPSA) is 43.2 Å². The van der Waals surface area contributed by atoms with Crippen LogP contribution in [-0.4, -0.2) is 51.2 Å². The zero-order chi connectivity index (χ0) is 19.8. The van der Waals surface area contributed by atoms with Crippen molar-refractivity contribution in [3.8, 4) is 0 Å². The summed E-state index contributed by atoms with van der Waals surface area (Å²) in [7, 11) is -2.29. The Morgan fingerprint density at radius 3 is 2.00 bits per heavy atom. The molecular weight excluding hydrogens is 388 g/mol. The molecule has 0 bridgehead atoms. The number of ether oxygens (including phenoxy) is 2. The molecule has 0 saturated carbocycles. The van der Waals surface area contributed by atoms with E-state index >= 15 is 0 Å². The third-order valence-corrected chi connectivity index (χ3v) is 10.8. The number of nitrogens with zero attached hydrogens (tertiary/aromatic N) is 2. The fourth-order valence-corrected chi connectivity index (χ4v) is 8.71. The van der Waals surface area contributed by atoms with Crippen molar-refractivity contribution in [1.29, 1.82) is 0 Å². The van der Waals surface area contributed by atoms with Gasteiger partial charge in [-0.2, -0.15) is 0 Å². The van der Waals surface area contributed by atoms with Gasteiger partial charge in [-0.05, 0) is 19.9 Å². The Labute approximate surface area is 173 Å². The van der Waals surface area contributed by atoms with E-state index in [-0.39, 0.29) is 6.04 Å². The second kappa shape index (κ2) is 9.89. The van der Waals surface area contributed by atoms with Gasteiger partial charge in [0.1, 0.15) is 20.7 Å². The number of aliphatic imine (C=N–C) groups is 2. The van der Waals surface area contributed by atoms with E-state index in [0.29, 0.717) is 37.1 Å². The summed E-state index contributed by atoms with van der Waals surface area (Å²) < 4.78 is 11.5. The molecule has 1 aliphatic rings. The van der Waals surface area contributed by atoms with Crippen LogP contribution in [0, 0.1) is 0 Å². The number of benzene rings is 2. The SMILES string of the molecule is CCOC1=N[C@@H](C[Si](CCl)(c2ccccc2)c2ccccc2)C(OCC)=NC1. The molecule has 3 rings (SSSR count). The van der Waals surface area contributed by atoms with Crippen LogP contribution in [0.4, 0.5) is 0 Å². The van der Waals surface area contributed by atoms with Crippen LogP contribution in [0.25, 0.3) is 0 Å². The molecule has 0 aromatic heterocycles. The molecule has 2 aromatic rings. The van der Waals surface area contributed by atoms with Crippen LogP contribution in [0.1, 0.15) is 13.8 Å². The number of alkyl halides is 1. The van der Waals surface area contributed by atoms with Crippen molar-refractivity contribution in [2.24, 2.45) is 9.98 Å². The van der Waals surface area contributed by atoms with Gasteiger partial charge in [0.25, 0.3) is 0 Å². The minimum absolute atomic E-state index is 0.180. The lowest BCUT2D eigenvalue weighted by molar-refractivity contribution is 0.296. The smallest absolute Gasteiger partial charge is 0.209 e. The Hall–Kier alpha value is -2.11. The van der Waals surface area contributed by atoms with Gasteiger partial charge < -0.3 is 9.47 Å². The monoisotopic (exact) mass is 414 g/mol. The Bertz CT molecular complexity index is 772. The van der Waals surface area contributed by atoms with Gasteiger partial charge in [-0.3, -0.25) is 0 Å². The maximum Gasteiger partial charge on any atom is 0.209 e. The van der Waals surface area contributed by atoms with Crippen LogP contribution in [0.5, 0.6) is 0 Å². The Morgan fingerprint density at radius 1 is 0.929 bits per heavy atom. The lowest BCUT2D eigenvalue weighted by Gasteiger charge is -2.34. The normalized spacial score (nSPS) is 16.9. The van der Waals surface area contributed by atoms with Gasteiger partial charge in [-0.25, -0.2) is 9.98 Å². The molecule has 4 nitrogen and oxygen atoms in total. The highest BCUT2D eigenvalue weighted by atomic mass is 35.5. The lowest BCUT2D eigenvalue weighted by Crippen LogP contribution is -2.62. The fourth-order valence-electron chi connectivity index (χ4n) is 3.65. The van der Waals surface area contributed by atoms with Crippen molar-refractivity contribution >= 4 is 41.8 Å². The zero-order valence-electron chi connectivity index (χ0n) is 16.5. The van der Waals surface area contributed by atoms with Crippen molar-refractivity contribution < 1.29 is 9.47 Å². The standard InChI is InChI=1S/C22H27ClN2O2Si/c1-3-26-21-15-24-22(27-4-2)20(25-21)16-28(17-23,18-11-7-5-8-12-18)19-13-9-6-10-14-19/h5-14,20H,3-4,15-17H2,1-2H3/t20-/m0/s1. The predicted molar refractivity (Wildman–Crippen MR) is 120 cm³/mol. The molecule has 0 unspecified atom stereocenters. The summed E-state index contributed by atoms with van der Waals surface area (Å²) in [6.07, 6.45) is 0. The molecule has 0 N–H and O–H groups in total. The van der Waals surface area contributed by atoms with Crippen molar-refractivity contribution in [3.63, 3.8) is 0 Å². The summed E-state index contributed by atoms with van der Waals surface area (Å²) in [5.74, 6) is 1.37. The maximum atomic E-state index is 6.74. The van der Waals surface area contributed by atoms with E-state index in [0.717, 1.165) is 6.04 Å². The highest BCUT2D eigenvalue weighted by Crippen LogP contribution is 2.21. The first-order valence-corrected chi connectivity index (χ1v) is 12.7. The summed E-state index contributed by atoms with van der Waals surface area (Å²) in [6.45, 7) is 5.53. The molecule has 1 heterocycles. The second-order valence-corrected chi connectivity index (χ2v) is 11.5. The minimum Gasteiger partial charge on any atom is -0.480 e. The van der Waals surface area contributed by atoms with Gasteiger partial charge in [-0.1, -0.05) is 71.0 Å². The van der Waals surface area contributed by atoms with Gasteiger partial charge in [-0.15, -0.1) is 11.6 Å². The average Bonchev–Trinajstić information content (AvgIpc) is 2.75. The van der Waals surface area contributed by atoms with Crippen LogP contribution in [0.15, 0.2) is 70.6 Å². The maximum absolute atomic E-state index is 6.74. The average molecular weight is 415 g/mol. The van der Waals surface area contributed by atoms with E-state index in [1.807, 2.05) is 26.0 Å². The minimum atomic E-state index is -2.29. The molecule has 6 heteroatoms. The van der Waals surface area contributed by atoms with E-state index < -0.39 is 8.07 Å². The van der Waals surface area contributed by atoms with E-state index in [9.17, 15) is 0 Å². The van der Waals surface area contributed by atoms with Gasteiger partial charge >= 0.3 is 0 Å². The summed E-state index contributed by atoms with van der Waals surface area (Å²) in [5.41, 5.74) is 0.566. The Balaban J connectivity index is 2.05. The predicted octanol–water partition coefficient (Wildman–Crippen LogP) is 3.28. The van der Waals surface area contributed by atoms with Crippen molar-refractivity contribution in [3.05, 3.63) is 60.7 Å². The summed E-state index contributed by atoms with van der Waals surface area (Å²) in [6, 6.07) is 21.8. The van der Waals surface area contributed by atoms with E-state index in [1.54, 1.807) is 0 Å². The summed E-state index contributed by atoms with van der Waals surface area (Å²) in [4.78, 5) is 9.49. The second-order valence-electron chi connectivity index (χ2n) is 6.71. The van der Waals surface area contributed by atoms with E-state index in [2.05, 4.69) is 53.5 Å². The third kappa shape index (κ3) is 4.47. The van der Waals surface area contributed by atoms with E-state index in [1.165, 1.54) is 10.4 Å². The molecule has 28 heavy (non-hydrogen) atoms. The molecule has 148 valence electrons. The molecule has 0 radical (unpaired) electrons. The molecule has 0 spiro atoms. The molecule has 2 aromatic carbocycles. The molecule has 1 aliphatic heterocycles. The first-order valence-electron chi connectivity index (χ1n) is 9.77. The van der Waals surface area contributed by atoms with Crippen LogP contribution in [0.2, 0.25) is 6.04 Å². The molecule has 0 fully saturated rings. The molecule has 0 amide bonds. The first-order chi connectivity index (χ1) is 13.7. The lowest BCUT2D eigenvalue weighted by atomic mass is 10.3. The highest BCUT2D eigenvalue weighted by molar-refractivity contribution is 7.05. The molecule has 0 aliphatic carbocycles. The number of rotatable bonds is 7. The number of hydrogen-bond acceptors (Lipinski definition) is 4. The van der Waals surface area contributed by atoms with Crippen molar-refractivity contribution in [1.82, 2.24) is 0 Å². The quantitative estimate of drug-likeness (QED) is 0.515. The molecule has 0 saturated heterocycles. The fraction of sp³-hybridized carbons (Fsp3) is 0.364. The van der Waals surface area contributed by atoms with Gasteiger partial charge in [0, 0.05) is 5.50 Å². The largest absolute Gasteiger partial charge is 0.480 e. The van der Waals surface area contributed by atoms with Crippen molar-refractivity contribution in [2.75, 3.05) is 25.3 Å². The van der Waals surface area contributed by atoms with Crippen LogP contribution >= 0.6 is 11.6 Å². The third-order valence-electron chi connectivity index (χ3n) is 4.98. The zero-order valence-corrected chi connectivity index (χ0v) is 18.2. The van der Waals surface area contributed by atoms with Crippen LogP contribution < -0.4 is 10.4 Å². The Kier molecular flexibility index (Phi) is 7.28.